The minimum absolute atomic E-state index is 0.331. The molecule has 6 heteroatoms. The minimum atomic E-state index is -0.351. The lowest BCUT2D eigenvalue weighted by Crippen LogP contribution is -2.18. The van der Waals surface area contributed by atoms with Gasteiger partial charge in [-0.3, -0.25) is 0 Å². The first-order valence-corrected chi connectivity index (χ1v) is 8.17. The van der Waals surface area contributed by atoms with Crippen LogP contribution in [0.5, 0.6) is 0 Å². The fourth-order valence-corrected chi connectivity index (χ4v) is 2.98. The van der Waals surface area contributed by atoms with E-state index in [0.29, 0.717) is 18.3 Å². The molecule has 0 saturated heterocycles. The summed E-state index contributed by atoms with van der Waals surface area (Å²) >= 11 is 3.37. The average Bonchev–Trinajstić information content (AvgIpc) is 2.78. The highest BCUT2D eigenvalue weighted by atomic mass is 32.2. The van der Waals surface area contributed by atoms with Crippen molar-refractivity contribution >= 4 is 34.1 Å². The lowest BCUT2D eigenvalue weighted by Gasteiger charge is -2.13. The van der Waals surface area contributed by atoms with Crippen LogP contribution in [0.3, 0.4) is 0 Å². The molecule has 102 valence electrons. The number of esters is 1. The second kappa shape index (κ2) is 8.37. The van der Waals surface area contributed by atoms with Crippen molar-refractivity contribution in [2.24, 2.45) is 0 Å². The van der Waals surface area contributed by atoms with Crippen LogP contribution in [0.1, 0.15) is 37.7 Å². The minimum Gasteiger partial charge on any atom is -0.461 e. The Bertz CT molecular complexity index is 369. The zero-order chi connectivity index (χ0) is 13.4. The highest BCUT2D eigenvalue weighted by Gasteiger charge is 2.17. The maximum Gasteiger partial charge on any atom is 0.360 e. The number of aromatic nitrogens is 1. The van der Waals surface area contributed by atoms with Crippen LogP contribution in [0, 0.1) is 0 Å². The Morgan fingerprint density at radius 1 is 1.61 bits per heavy atom. The van der Waals surface area contributed by atoms with E-state index in [1.54, 1.807) is 12.4 Å². The van der Waals surface area contributed by atoms with Gasteiger partial charge in [0.25, 0.3) is 0 Å². The van der Waals surface area contributed by atoms with Gasteiger partial charge in [0.15, 0.2) is 5.69 Å². The quantitative estimate of drug-likeness (QED) is 0.588. The van der Waals surface area contributed by atoms with Crippen molar-refractivity contribution in [3.8, 4) is 0 Å². The topological polar surface area (TPSA) is 51.2 Å². The maximum absolute atomic E-state index is 11.6. The summed E-state index contributed by atoms with van der Waals surface area (Å²) in [6.45, 7) is 6.44. The summed E-state index contributed by atoms with van der Waals surface area (Å²) in [5.74, 6) is 1.91. The molecule has 0 spiro atoms. The number of rotatable bonds is 8. The number of carbonyl (C=O) groups is 1. The molecule has 0 saturated carbocycles. The summed E-state index contributed by atoms with van der Waals surface area (Å²) in [4.78, 5) is 15.7. The molecule has 1 aromatic rings. The molecule has 1 heterocycles. The number of hydrogen-bond donors (Lipinski definition) is 1. The number of thioether (sulfide) groups is 1. The van der Waals surface area contributed by atoms with Crippen LogP contribution in [0.15, 0.2) is 5.51 Å². The van der Waals surface area contributed by atoms with Gasteiger partial charge in [0.05, 0.1) is 12.1 Å². The monoisotopic (exact) mass is 288 g/mol. The Morgan fingerprint density at radius 2 is 2.39 bits per heavy atom. The van der Waals surface area contributed by atoms with E-state index in [4.69, 9.17) is 4.74 Å². The van der Waals surface area contributed by atoms with Crippen molar-refractivity contribution in [3.63, 3.8) is 0 Å². The molecule has 1 N–H and O–H groups in total. The Labute approximate surface area is 117 Å². The van der Waals surface area contributed by atoms with Crippen LogP contribution in [-0.4, -0.2) is 35.1 Å². The summed E-state index contributed by atoms with van der Waals surface area (Å²) < 4.78 is 4.97. The van der Waals surface area contributed by atoms with E-state index in [1.807, 2.05) is 11.8 Å². The first kappa shape index (κ1) is 15.3. The van der Waals surface area contributed by atoms with Crippen molar-refractivity contribution in [3.05, 3.63) is 11.2 Å². The van der Waals surface area contributed by atoms with Crippen molar-refractivity contribution in [2.75, 3.05) is 23.4 Å². The lowest BCUT2D eigenvalue weighted by molar-refractivity contribution is 0.0521. The van der Waals surface area contributed by atoms with Crippen LogP contribution in [0.2, 0.25) is 0 Å². The second-order valence-electron chi connectivity index (χ2n) is 3.78. The molecule has 1 unspecified atom stereocenters. The molecule has 0 radical (unpaired) electrons. The third-order valence-corrected chi connectivity index (χ3v) is 4.00. The van der Waals surface area contributed by atoms with Crippen LogP contribution in [0.25, 0.3) is 0 Å². The number of nitrogens with one attached hydrogen (secondary N) is 1. The molecule has 18 heavy (non-hydrogen) atoms. The molecule has 0 bridgehead atoms. The van der Waals surface area contributed by atoms with Gasteiger partial charge in [-0.05, 0) is 31.8 Å². The highest BCUT2D eigenvalue weighted by Crippen LogP contribution is 2.22. The predicted octanol–water partition coefficient (Wildman–Crippen LogP) is 3.26. The van der Waals surface area contributed by atoms with Crippen molar-refractivity contribution in [1.82, 2.24) is 4.98 Å². The van der Waals surface area contributed by atoms with E-state index in [-0.39, 0.29) is 5.97 Å². The number of nitrogens with zero attached hydrogens (tertiary/aromatic N) is 1. The summed E-state index contributed by atoms with van der Waals surface area (Å²) in [5, 5.41) is 4.14. The number of hydrogen-bond acceptors (Lipinski definition) is 6. The summed E-state index contributed by atoms with van der Waals surface area (Å²) in [5.41, 5.74) is 2.07. The van der Waals surface area contributed by atoms with Gasteiger partial charge in [-0.1, -0.05) is 6.92 Å². The Morgan fingerprint density at radius 3 is 3.06 bits per heavy atom. The highest BCUT2D eigenvalue weighted by molar-refractivity contribution is 7.99. The fourth-order valence-electron chi connectivity index (χ4n) is 1.39. The van der Waals surface area contributed by atoms with Gasteiger partial charge in [-0.2, -0.15) is 11.8 Å². The van der Waals surface area contributed by atoms with Crippen molar-refractivity contribution in [1.29, 1.82) is 0 Å². The van der Waals surface area contributed by atoms with Gasteiger partial charge in [0.2, 0.25) is 0 Å². The molecule has 0 aliphatic carbocycles. The van der Waals surface area contributed by atoms with E-state index in [1.165, 1.54) is 11.3 Å². The normalized spacial score (nSPS) is 12.2. The molecule has 0 amide bonds. The van der Waals surface area contributed by atoms with E-state index in [9.17, 15) is 4.79 Å². The molecule has 4 nitrogen and oxygen atoms in total. The van der Waals surface area contributed by atoms with Gasteiger partial charge in [0.1, 0.15) is 5.00 Å². The molecule has 0 fully saturated rings. The maximum atomic E-state index is 11.6. The van der Waals surface area contributed by atoms with E-state index in [2.05, 4.69) is 24.1 Å². The zero-order valence-corrected chi connectivity index (χ0v) is 12.7. The third-order valence-electron chi connectivity index (χ3n) is 2.31. The molecular weight excluding hydrogens is 268 g/mol. The van der Waals surface area contributed by atoms with Crippen molar-refractivity contribution in [2.45, 2.75) is 33.2 Å². The molecular formula is C12H20N2O2S2. The molecule has 1 rings (SSSR count). The van der Waals surface area contributed by atoms with Crippen molar-refractivity contribution < 1.29 is 9.53 Å². The first-order valence-electron chi connectivity index (χ1n) is 6.13. The van der Waals surface area contributed by atoms with Gasteiger partial charge in [-0.15, -0.1) is 11.3 Å². The van der Waals surface area contributed by atoms with E-state index >= 15 is 0 Å². The molecule has 1 aromatic heterocycles. The Hall–Kier alpha value is -0.750. The summed E-state index contributed by atoms with van der Waals surface area (Å²) in [6, 6.07) is 0.331. The number of thiazole rings is 1. The number of carbonyl (C=O) groups excluding carboxylic acids is 1. The second-order valence-corrected chi connectivity index (χ2v) is 6.03. The number of ether oxygens (including phenoxy) is 1. The van der Waals surface area contributed by atoms with E-state index in [0.717, 1.165) is 22.9 Å². The van der Waals surface area contributed by atoms with Crippen LogP contribution in [-0.2, 0) is 4.74 Å². The Balaban J connectivity index is 2.51. The molecule has 0 aliphatic rings. The zero-order valence-electron chi connectivity index (χ0n) is 11.1. The predicted molar refractivity (Wildman–Crippen MR) is 78.8 cm³/mol. The standard InChI is InChI=1S/C12H20N2O2S2/c1-4-16-12(15)10-11(18-8-13-10)14-9(3)6-7-17-5-2/h8-9,14H,4-7H2,1-3H3. The fraction of sp³-hybridized carbons (Fsp3) is 0.667. The van der Waals surface area contributed by atoms with Crippen LogP contribution < -0.4 is 5.32 Å². The van der Waals surface area contributed by atoms with Crippen LogP contribution >= 0.6 is 23.1 Å². The van der Waals surface area contributed by atoms with Crippen LogP contribution in [0.4, 0.5) is 5.00 Å². The number of anilines is 1. The molecule has 0 aromatic carbocycles. The Kier molecular flexibility index (Phi) is 7.12. The smallest absolute Gasteiger partial charge is 0.360 e. The third kappa shape index (κ3) is 4.86. The largest absolute Gasteiger partial charge is 0.461 e. The van der Waals surface area contributed by atoms with Gasteiger partial charge in [0, 0.05) is 6.04 Å². The summed E-state index contributed by atoms with van der Waals surface area (Å²) in [6.07, 6.45) is 1.07. The molecule has 0 aliphatic heterocycles. The SMILES string of the molecule is CCOC(=O)c1ncsc1NC(C)CCSCC. The average molecular weight is 288 g/mol. The van der Waals surface area contributed by atoms with Gasteiger partial charge >= 0.3 is 5.97 Å². The van der Waals surface area contributed by atoms with Gasteiger partial charge in [-0.25, -0.2) is 9.78 Å². The molecule has 1 atom stereocenters. The lowest BCUT2D eigenvalue weighted by atomic mass is 10.2. The summed E-state index contributed by atoms with van der Waals surface area (Å²) in [7, 11) is 0. The van der Waals surface area contributed by atoms with E-state index < -0.39 is 0 Å². The van der Waals surface area contributed by atoms with Gasteiger partial charge < -0.3 is 10.1 Å². The first-order chi connectivity index (χ1) is 8.69.